The van der Waals surface area contributed by atoms with Crippen molar-refractivity contribution in [1.29, 1.82) is 0 Å². The molecule has 0 saturated heterocycles. The molecule has 30 heavy (non-hydrogen) atoms. The summed E-state index contributed by atoms with van der Waals surface area (Å²) in [5.74, 6) is 0.369. The van der Waals surface area contributed by atoms with E-state index in [0.29, 0.717) is 33.7 Å². The van der Waals surface area contributed by atoms with Gasteiger partial charge in [-0.05, 0) is 54.1 Å². The van der Waals surface area contributed by atoms with Crippen molar-refractivity contribution < 1.29 is 9.53 Å². The van der Waals surface area contributed by atoms with E-state index in [1.807, 2.05) is 36.4 Å². The summed E-state index contributed by atoms with van der Waals surface area (Å²) in [6, 6.07) is 21.8. The third-order valence-electron chi connectivity index (χ3n) is 4.35. The fraction of sp³-hybridized carbons (Fsp3) is 0.0435. The normalized spacial score (nSPS) is 10.6. The van der Waals surface area contributed by atoms with Crippen molar-refractivity contribution in [2.45, 2.75) is 6.61 Å². The Labute approximate surface area is 183 Å². The molecule has 0 saturated carbocycles. The van der Waals surface area contributed by atoms with Crippen LogP contribution < -0.4 is 10.1 Å². The Kier molecular flexibility index (Phi) is 6.02. The van der Waals surface area contributed by atoms with Crippen LogP contribution in [0.4, 0.5) is 5.69 Å². The molecule has 4 rings (SSSR count). The number of ether oxygens (including phenoxy) is 1. The third kappa shape index (κ3) is 4.82. The van der Waals surface area contributed by atoms with Crippen LogP contribution in [-0.4, -0.2) is 15.7 Å². The van der Waals surface area contributed by atoms with Gasteiger partial charge < -0.3 is 10.1 Å². The van der Waals surface area contributed by atoms with Gasteiger partial charge in [0.15, 0.2) is 0 Å². The molecule has 0 radical (unpaired) electrons. The number of anilines is 1. The number of amides is 1. The van der Waals surface area contributed by atoms with Gasteiger partial charge in [-0.25, -0.2) is 4.68 Å². The first kappa shape index (κ1) is 20.0. The molecule has 150 valence electrons. The maximum absolute atomic E-state index is 12.7. The molecule has 1 aromatic heterocycles. The Morgan fingerprint density at radius 3 is 2.60 bits per heavy atom. The first-order chi connectivity index (χ1) is 14.6. The molecular formula is C23H17Cl2N3O2. The lowest BCUT2D eigenvalue weighted by Gasteiger charge is -2.09. The molecule has 5 nitrogen and oxygen atoms in total. The van der Waals surface area contributed by atoms with E-state index in [1.54, 1.807) is 53.5 Å². The van der Waals surface area contributed by atoms with E-state index in [1.165, 1.54) is 0 Å². The number of carbonyl (C=O) groups excluding carboxylic acids is 1. The lowest BCUT2D eigenvalue weighted by molar-refractivity contribution is 0.102. The van der Waals surface area contributed by atoms with Gasteiger partial charge >= 0.3 is 0 Å². The fourth-order valence-electron chi connectivity index (χ4n) is 2.85. The van der Waals surface area contributed by atoms with Gasteiger partial charge in [-0.15, -0.1) is 0 Å². The van der Waals surface area contributed by atoms with Crippen LogP contribution in [0.15, 0.2) is 85.2 Å². The Bertz CT molecular complexity index is 1170. The topological polar surface area (TPSA) is 56.2 Å². The Morgan fingerprint density at radius 1 is 1.00 bits per heavy atom. The molecule has 0 fully saturated rings. The van der Waals surface area contributed by atoms with Crippen LogP contribution in [0.1, 0.15) is 15.9 Å². The average Bonchev–Trinajstić information content (AvgIpc) is 3.22. The summed E-state index contributed by atoms with van der Waals surface area (Å²) in [4.78, 5) is 12.7. The second-order valence-electron chi connectivity index (χ2n) is 6.52. The van der Waals surface area contributed by atoms with E-state index in [4.69, 9.17) is 27.9 Å². The first-order valence-corrected chi connectivity index (χ1v) is 9.92. The lowest BCUT2D eigenvalue weighted by Crippen LogP contribution is -2.12. The predicted molar refractivity (Wildman–Crippen MR) is 119 cm³/mol. The molecule has 0 atom stereocenters. The number of halogens is 2. The van der Waals surface area contributed by atoms with Gasteiger partial charge in [0.05, 0.1) is 28.8 Å². The summed E-state index contributed by atoms with van der Waals surface area (Å²) >= 11 is 12.0. The number of aromatic nitrogens is 2. The largest absolute Gasteiger partial charge is 0.487 e. The molecule has 0 unspecified atom stereocenters. The highest BCUT2D eigenvalue weighted by Gasteiger charge is 2.10. The number of rotatable bonds is 6. The Balaban J connectivity index is 1.42. The summed E-state index contributed by atoms with van der Waals surface area (Å²) in [5, 5.41) is 8.33. The minimum Gasteiger partial charge on any atom is -0.487 e. The minimum absolute atomic E-state index is 0.231. The first-order valence-electron chi connectivity index (χ1n) is 9.17. The number of benzene rings is 3. The molecule has 1 N–H and O–H groups in total. The second-order valence-corrected chi connectivity index (χ2v) is 7.37. The van der Waals surface area contributed by atoms with Crippen LogP contribution in [-0.2, 0) is 6.61 Å². The predicted octanol–water partition coefficient (Wildman–Crippen LogP) is 6.01. The van der Waals surface area contributed by atoms with E-state index in [-0.39, 0.29) is 5.91 Å². The smallest absolute Gasteiger partial charge is 0.255 e. The van der Waals surface area contributed by atoms with Gasteiger partial charge in [-0.2, -0.15) is 5.10 Å². The Hall–Kier alpha value is -3.28. The summed E-state index contributed by atoms with van der Waals surface area (Å²) in [6.45, 7) is 0.305. The molecule has 0 bridgehead atoms. The SMILES string of the molecule is O=C(Nc1cnn(-c2ccc(Cl)cc2)c1)c1cccc(COc2ccccc2Cl)c1. The zero-order chi connectivity index (χ0) is 20.9. The van der Waals surface area contributed by atoms with Crippen LogP contribution >= 0.6 is 23.2 Å². The van der Waals surface area contributed by atoms with Gasteiger partial charge in [0.1, 0.15) is 12.4 Å². The number of hydrogen-bond acceptors (Lipinski definition) is 3. The number of para-hydroxylation sites is 1. The molecule has 3 aromatic carbocycles. The second kappa shape index (κ2) is 9.03. The van der Waals surface area contributed by atoms with Crippen molar-refractivity contribution in [2.24, 2.45) is 0 Å². The minimum atomic E-state index is -0.231. The van der Waals surface area contributed by atoms with Crippen molar-refractivity contribution in [3.8, 4) is 11.4 Å². The van der Waals surface area contributed by atoms with E-state index in [2.05, 4.69) is 10.4 Å². The molecular weight excluding hydrogens is 421 g/mol. The highest BCUT2D eigenvalue weighted by Crippen LogP contribution is 2.24. The van der Waals surface area contributed by atoms with Gasteiger partial charge in [-0.3, -0.25) is 4.79 Å². The van der Waals surface area contributed by atoms with Gasteiger partial charge in [0.2, 0.25) is 0 Å². The quantitative estimate of drug-likeness (QED) is 0.401. The maximum atomic E-state index is 12.7. The van der Waals surface area contributed by atoms with Crippen molar-refractivity contribution in [3.05, 3.63) is 106 Å². The van der Waals surface area contributed by atoms with E-state index < -0.39 is 0 Å². The Morgan fingerprint density at radius 2 is 1.80 bits per heavy atom. The standard InChI is InChI=1S/C23H17Cl2N3O2/c24-18-8-10-20(11-9-18)28-14-19(13-26-28)27-23(29)17-5-3-4-16(12-17)15-30-22-7-2-1-6-21(22)25/h1-14H,15H2,(H,27,29). The molecule has 1 amide bonds. The van der Waals surface area contributed by atoms with Crippen molar-refractivity contribution in [2.75, 3.05) is 5.32 Å². The van der Waals surface area contributed by atoms with Crippen LogP contribution in [0.2, 0.25) is 10.0 Å². The van der Waals surface area contributed by atoms with Gasteiger partial charge in [0.25, 0.3) is 5.91 Å². The molecule has 0 spiro atoms. The number of hydrogen-bond donors (Lipinski definition) is 1. The van der Waals surface area contributed by atoms with Crippen molar-refractivity contribution in [3.63, 3.8) is 0 Å². The van der Waals surface area contributed by atoms with Crippen LogP contribution in [0, 0.1) is 0 Å². The summed E-state index contributed by atoms with van der Waals surface area (Å²) in [6.07, 6.45) is 3.34. The highest BCUT2D eigenvalue weighted by molar-refractivity contribution is 6.32. The monoisotopic (exact) mass is 437 g/mol. The molecule has 0 aliphatic rings. The summed E-state index contributed by atoms with van der Waals surface area (Å²) in [5.41, 5.74) is 2.82. The lowest BCUT2D eigenvalue weighted by atomic mass is 10.1. The van der Waals surface area contributed by atoms with E-state index in [0.717, 1.165) is 11.3 Å². The summed E-state index contributed by atoms with van der Waals surface area (Å²) < 4.78 is 7.42. The van der Waals surface area contributed by atoms with Crippen molar-refractivity contribution in [1.82, 2.24) is 9.78 Å². The molecule has 0 aliphatic heterocycles. The molecule has 1 heterocycles. The van der Waals surface area contributed by atoms with Gasteiger partial charge in [-0.1, -0.05) is 47.5 Å². The summed E-state index contributed by atoms with van der Waals surface area (Å²) in [7, 11) is 0. The van der Waals surface area contributed by atoms with Crippen molar-refractivity contribution >= 4 is 34.8 Å². The molecule has 0 aliphatic carbocycles. The van der Waals surface area contributed by atoms with E-state index >= 15 is 0 Å². The number of carbonyl (C=O) groups is 1. The van der Waals surface area contributed by atoms with Gasteiger partial charge in [0, 0.05) is 10.6 Å². The van der Waals surface area contributed by atoms with Crippen LogP contribution in [0.5, 0.6) is 5.75 Å². The molecule has 4 aromatic rings. The van der Waals surface area contributed by atoms with E-state index in [9.17, 15) is 4.79 Å². The fourth-order valence-corrected chi connectivity index (χ4v) is 3.17. The van der Waals surface area contributed by atoms with Crippen LogP contribution in [0.3, 0.4) is 0 Å². The third-order valence-corrected chi connectivity index (χ3v) is 4.92. The number of nitrogens with zero attached hydrogens (tertiary/aromatic N) is 2. The zero-order valence-electron chi connectivity index (χ0n) is 15.8. The highest BCUT2D eigenvalue weighted by atomic mass is 35.5. The average molecular weight is 438 g/mol. The van der Waals surface area contributed by atoms with Crippen LogP contribution in [0.25, 0.3) is 5.69 Å². The molecule has 7 heteroatoms. The number of nitrogens with one attached hydrogen (secondary N) is 1. The maximum Gasteiger partial charge on any atom is 0.255 e. The zero-order valence-corrected chi connectivity index (χ0v) is 17.3.